The molecule has 1 aliphatic rings. The van der Waals surface area contributed by atoms with Gasteiger partial charge in [-0.1, -0.05) is 0 Å². The minimum Gasteiger partial charge on any atom is -0.379 e. The molecule has 0 saturated carbocycles. The number of benzene rings is 1. The Labute approximate surface area is 165 Å². The van der Waals surface area contributed by atoms with Gasteiger partial charge in [-0.2, -0.15) is 0 Å². The number of morpholine rings is 1. The number of aromatic nitrogens is 1. The molecule has 0 radical (unpaired) electrons. The highest BCUT2D eigenvalue weighted by Gasteiger charge is 2.26. The molecule has 0 spiro atoms. The number of anilines is 1. The van der Waals surface area contributed by atoms with Crippen molar-refractivity contribution in [3.05, 3.63) is 48.3 Å². The van der Waals surface area contributed by atoms with Gasteiger partial charge in [0.15, 0.2) is 0 Å². The van der Waals surface area contributed by atoms with Gasteiger partial charge in [-0.3, -0.25) is 9.69 Å². The molecule has 2 heterocycles. The average molecular weight is 407 g/mol. The maximum Gasteiger partial charge on any atom is 0.240 e. The van der Waals surface area contributed by atoms with Gasteiger partial charge >= 0.3 is 0 Å². The molecule has 1 aliphatic heterocycles. The van der Waals surface area contributed by atoms with Crippen molar-refractivity contribution >= 4 is 21.6 Å². The average Bonchev–Trinajstić information content (AvgIpc) is 3.08. The number of nitrogens with zero attached hydrogens (tertiary/aromatic N) is 2. The molecule has 2 aromatic rings. The highest BCUT2D eigenvalue weighted by Crippen LogP contribution is 2.22. The lowest BCUT2D eigenvalue weighted by molar-refractivity contribution is -0.114. The van der Waals surface area contributed by atoms with Crippen molar-refractivity contribution in [2.75, 3.05) is 38.2 Å². The fourth-order valence-corrected chi connectivity index (χ4v) is 4.36. The third-order valence-corrected chi connectivity index (χ3v) is 6.20. The van der Waals surface area contributed by atoms with E-state index >= 15 is 0 Å². The van der Waals surface area contributed by atoms with Crippen molar-refractivity contribution in [2.24, 2.45) is 7.05 Å². The van der Waals surface area contributed by atoms with Gasteiger partial charge in [-0.25, -0.2) is 13.1 Å². The van der Waals surface area contributed by atoms with E-state index < -0.39 is 10.0 Å². The number of carbonyl (C=O) groups is 1. The van der Waals surface area contributed by atoms with E-state index in [0.29, 0.717) is 18.9 Å². The first-order valence-corrected chi connectivity index (χ1v) is 10.7. The van der Waals surface area contributed by atoms with Crippen LogP contribution in [0.3, 0.4) is 0 Å². The summed E-state index contributed by atoms with van der Waals surface area (Å²) in [4.78, 5) is 13.5. The number of sulfonamides is 1. The lowest BCUT2D eigenvalue weighted by Gasteiger charge is -2.34. The van der Waals surface area contributed by atoms with Gasteiger partial charge in [0, 0.05) is 51.2 Å². The molecule has 8 nitrogen and oxygen atoms in total. The fourth-order valence-electron chi connectivity index (χ4n) is 3.32. The number of amides is 1. The van der Waals surface area contributed by atoms with Crippen molar-refractivity contribution in [3.63, 3.8) is 0 Å². The van der Waals surface area contributed by atoms with E-state index in [9.17, 15) is 13.2 Å². The van der Waals surface area contributed by atoms with Crippen LogP contribution in [0.5, 0.6) is 0 Å². The molecule has 152 valence electrons. The lowest BCUT2D eigenvalue weighted by Crippen LogP contribution is -2.44. The van der Waals surface area contributed by atoms with E-state index in [4.69, 9.17) is 4.74 Å². The summed E-state index contributed by atoms with van der Waals surface area (Å²) in [5, 5.41) is 2.63. The fraction of sp³-hybridized carbons (Fsp3) is 0.421. The summed E-state index contributed by atoms with van der Waals surface area (Å²) < 4.78 is 35.7. The third-order valence-electron chi connectivity index (χ3n) is 4.76. The van der Waals surface area contributed by atoms with Crippen molar-refractivity contribution in [3.8, 4) is 0 Å². The minimum atomic E-state index is -3.67. The molecule has 1 amide bonds. The van der Waals surface area contributed by atoms with Crippen LogP contribution in [0.25, 0.3) is 0 Å². The Morgan fingerprint density at radius 3 is 2.43 bits per heavy atom. The van der Waals surface area contributed by atoms with Crippen LogP contribution in [0.1, 0.15) is 18.7 Å². The zero-order chi connectivity index (χ0) is 20.1. The van der Waals surface area contributed by atoms with Crippen molar-refractivity contribution in [1.82, 2.24) is 14.2 Å². The van der Waals surface area contributed by atoms with Gasteiger partial charge in [-0.15, -0.1) is 0 Å². The van der Waals surface area contributed by atoms with Crippen LogP contribution in [-0.4, -0.2) is 56.6 Å². The van der Waals surface area contributed by atoms with Crippen LogP contribution in [0.2, 0.25) is 0 Å². The zero-order valence-corrected chi connectivity index (χ0v) is 16.9. The summed E-state index contributed by atoms with van der Waals surface area (Å²) in [6.07, 6.45) is 1.96. The molecule has 1 aromatic carbocycles. The summed E-state index contributed by atoms with van der Waals surface area (Å²) >= 11 is 0. The van der Waals surface area contributed by atoms with Gasteiger partial charge in [0.25, 0.3) is 0 Å². The third kappa shape index (κ3) is 4.99. The van der Waals surface area contributed by atoms with Crippen molar-refractivity contribution < 1.29 is 17.9 Å². The highest BCUT2D eigenvalue weighted by molar-refractivity contribution is 7.89. The Morgan fingerprint density at radius 2 is 1.86 bits per heavy atom. The number of rotatable bonds is 7. The molecular weight excluding hydrogens is 380 g/mol. The predicted octanol–water partition coefficient (Wildman–Crippen LogP) is 1.34. The largest absolute Gasteiger partial charge is 0.379 e. The van der Waals surface area contributed by atoms with Gasteiger partial charge in [0.1, 0.15) is 0 Å². The lowest BCUT2D eigenvalue weighted by atomic mass is 10.1. The van der Waals surface area contributed by atoms with Crippen molar-refractivity contribution in [2.45, 2.75) is 17.9 Å². The molecule has 0 bridgehead atoms. The number of aryl methyl sites for hydroxylation is 1. The van der Waals surface area contributed by atoms with Crippen LogP contribution >= 0.6 is 0 Å². The number of hydrogen-bond donors (Lipinski definition) is 2. The molecule has 9 heteroatoms. The summed E-state index contributed by atoms with van der Waals surface area (Å²) in [5.74, 6) is -0.204. The quantitative estimate of drug-likeness (QED) is 0.724. The van der Waals surface area contributed by atoms with E-state index in [-0.39, 0.29) is 23.4 Å². The molecule has 1 saturated heterocycles. The predicted molar refractivity (Wildman–Crippen MR) is 106 cm³/mol. The molecule has 1 aromatic heterocycles. The van der Waals surface area contributed by atoms with Crippen LogP contribution in [0.15, 0.2) is 47.5 Å². The summed E-state index contributed by atoms with van der Waals surface area (Å²) in [6.45, 7) is 4.44. The zero-order valence-electron chi connectivity index (χ0n) is 16.1. The number of ether oxygens (including phenoxy) is 1. The molecule has 0 unspecified atom stereocenters. The second kappa shape index (κ2) is 8.87. The van der Waals surface area contributed by atoms with E-state index in [1.54, 1.807) is 12.1 Å². The minimum absolute atomic E-state index is 0.0858. The monoisotopic (exact) mass is 406 g/mol. The number of hydrogen-bond acceptors (Lipinski definition) is 5. The van der Waals surface area contributed by atoms with Crippen LogP contribution in [0.4, 0.5) is 5.69 Å². The Bertz CT molecular complexity index is 902. The van der Waals surface area contributed by atoms with Gasteiger partial charge in [0.2, 0.25) is 15.9 Å². The number of carbonyl (C=O) groups excluding carboxylic acids is 1. The highest BCUT2D eigenvalue weighted by atomic mass is 32.2. The van der Waals surface area contributed by atoms with Crippen molar-refractivity contribution in [1.29, 1.82) is 0 Å². The molecular formula is C19H26N4O4S. The molecule has 28 heavy (non-hydrogen) atoms. The molecule has 0 aliphatic carbocycles. The smallest absolute Gasteiger partial charge is 0.240 e. The maximum atomic E-state index is 12.8. The molecule has 3 rings (SSSR count). The van der Waals surface area contributed by atoms with Crippen LogP contribution in [-0.2, 0) is 26.6 Å². The number of nitrogens with one attached hydrogen (secondary N) is 2. The Kier molecular flexibility index (Phi) is 6.50. The van der Waals surface area contributed by atoms with Gasteiger partial charge in [-0.05, 0) is 36.4 Å². The van der Waals surface area contributed by atoms with E-state index in [0.717, 1.165) is 18.8 Å². The second-order valence-electron chi connectivity index (χ2n) is 6.77. The van der Waals surface area contributed by atoms with E-state index in [1.165, 1.54) is 19.1 Å². The second-order valence-corrected chi connectivity index (χ2v) is 8.53. The summed E-state index contributed by atoms with van der Waals surface area (Å²) in [7, 11) is -1.72. The molecule has 1 fully saturated rings. The first-order chi connectivity index (χ1) is 13.4. The summed E-state index contributed by atoms with van der Waals surface area (Å²) in [5.41, 5.74) is 1.60. The topological polar surface area (TPSA) is 92.7 Å². The molecule has 2 N–H and O–H groups in total. The first kappa shape index (κ1) is 20.5. The SMILES string of the molecule is CC(=O)Nc1ccc(S(=O)(=O)NC[C@@H](c2cccn2C)N2CCOCC2)cc1. The normalized spacial score (nSPS) is 16.6. The maximum absolute atomic E-state index is 12.8. The van der Waals surface area contributed by atoms with Crippen LogP contribution in [0, 0.1) is 0 Å². The summed E-state index contributed by atoms with van der Waals surface area (Å²) in [6, 6.07) is 10.0. The molecule has 1 atom stereocenters. The first-order valence-electron chi connectivity index (χ1n) is 9.17. The van der Waals surface area contributed by atoms with Crippen LogP contribution < -0.4 is 10.0 Å². The van der Waals surface area contributed by atoms with Gasteiger partial charge in [0.05, 0.1) is 24.2 Å². The van der Waals surface area contributed by atoms with Gasteiger partial charge < -0.3 is 14.6 Å². The Balaban J connectivity index is 1.74. The Hall–Kier alpha value is -2.20. The standard InChI is InChI=1S/C19H26N4O4S/c1-15(24)21-16-5-7-17(8-6-16)28(25,26)20-14-19(18-4-3-9-22(18)2)23-10-12-27-13-11-23/h3-9,19-20H,10-14H2,1-2H3,(H,21,24)/t19-/m0/s1. The van der Waals surface area contributed by atoms with E-state index in [1.807, 2.05) is 29.9 Å². The van der Waals surface area contributed by atoms with E-state index in [2.05, 4.69) is 14.9 Å². The Morgan fingerprint density at radius 1 is 1.18 bits per heavy atom.